The predicted molar refractivity (Wildman–Crippen MR) is 59.6 cm³/mol. The second-order valence-corrected chi connectivity index (χ2v) is 4.71. The zero-order valence-corrected chi connectivity index (χ0v) is 9.72. The van der Waals surface area contributed by atoms with Crippen LogP contribution in [0.15, 0.2) is 0 Å². The molecule has 0 saturated carbocycles. The van der Waals surface area contributed by atoms with Crippen molar-refractivity contribution in [2.45, 2.75) is 12.8 Å². The molecule has 2 heterocycles. The van der Waals surface area contributed by atoms with Gasteiger partial charge in [0.2, 0.25) is 0 Å². The maximum absolute atomic E-state index is 11.6. The van der Waals surface area contributed by atoms with Crippen LogP contribution >= 0.6 is 0 Å². The molecular formula is C11H18N2O4. The van der Waals surface area contributed by atoms with Gasteiger partial charge >= 0.3 is 12.0 Å². The van der Waals surface area contributed by atoms with Crippen molar-refractivity contribution in [2.24, 2.45) is 11.8 Å². The van der Waals surface area contributed by atoms with Crippen LogP contribution in [-0.4, -0.2) is 54.9 Å². The number of ether oxygens (including phenoxy) is 1. The SMILES string of the molecule is O=C(O)C1CN(C(=O)NCC2CCCOC2)C1. The van der Waals surface area contributed by atoms with Crippen LogP contribution in [0.5, 0.6) is 0 Å². The zero-order valence-electron chi connectivity index (χ0n) is 9.72. The summed E-state index contributed by atoms with van der Waals surface area (Å²) in [5.41, 5.74) is 0. The number of carbonyl (C=O) groups is 2. The molecule has 0 bridgehead atoms. The second-order valence-electron chi connectivity index (χ2n) is 4.71. The number of aliphatic carboxylic acids is 1. The van der Waals surface area contributed by atoms with Gasteiger partial charge in [-0.1, -0.05) is 0 Å². The zero-order chi connectivity index (χ0) is 12.3. The Morgan fingerprint density at radius 2 is 2.18 bits per heavy atom. The fraction of sp³-hybridized carbons (Fsp3) is 0.818. The van der Waals surface area contributed by atoms with Gasteiger partial charge < -0.3 is 20.1 Å². The average molecular weight is 242 g/mol. The Kier molecular flexibility index (Phi) is 3.83. The maximum atomic E-state index is 11.6. The number of urea groups is 1. The van der Waals surface area contributed by atoms with Gasteiger partial charge in [0.15, 0.2) is 0 Å². The van der Waals surface area contributed by atoms with E-state index in [4.69, 9.17) is 9.84 Å². The van der Waals surface area contributed by atoms with Crippen LogP contribution in [0.1, 0.15) is 12.8 Å². The molecule has 2 N–H and O–H groups in total. The monoisotopic (exact) mass is 242 g/mol. The van der Waals surface area contributed by atoms with E-state index in [0.29, 0.717) is 32.2 Å². The third-order valence-corrected chi connectivity index (χ3v) is 3.31. The van der Waals surface area contributed by atoms with Gasteiger partial charge in [-0.25, -0.2) is 4.79 Å². The van der Waals surface area contributed by atoms with Crippen molar-refractivity contribution in [1.29, 1.82) is 0 Å². The first kappa shape index (κ1) is 12.2. The Labute approximate surface area is 99.9 Å². The molecule has 6 heteroatoms. The van der Waals surface area contributed by atoms with Crippen LogP contribution in [0.2, 0.25) is 0 Å². The molecule has 0 aromatic heterocycles. The normalized spacial score (nSPS) is 25.2. The largest absolute Gasteiger partial charge is 0.481 e. The number of nitrogens with zero attached hydrogens (tertiary/aromatic N) is 1. The minimum absolute atomic E-state index is 0.159. The van der Waals surface area contributed by atoms with Crippen molar-refractivity contribution in [3.05, 3.63) is 0 Å². The quantitative estimate of drug-likeness (QED) is 0.737. The Balaban J connectivity index is 1.63. The molecule has 2 aliphatic rings. The Morgan fingerprint density at radius 3 is 2.76 bits per heavy atom. The lowest BCUT2D eigenvalue weighted by Gasteiger charge is -2.37. The number of hydrogen-bond donors (Lipinski definition) is 2. The van der Waals surface area contributed by atoms with E-state index in [1.807, 2.05) is 0 Å². The van der Waals surface area contributed by atoms with Gasteiger partial charge in [0.1, 0.15) is 0 Å². The van der Waals surface area contributed by atoms with Gasteiger partial charge in [-0.05, 0) is 18.8 Å². The number of hydrogen-bond acceptors (Lipinski definition) is 3. The molecule has 2 aliphatic heterocycles. The molecule has 2 saturated heterocycles. The highest BCUT2D eigenvalue weighted by molar-refractivity contribution is 5.79. The summed E-state index contributed by atoms with van der Waals surface area (Å²) in [4.78, 5) is 23.7. The molecule has 2 amide bonds. The molecule has 0 aromatic carbocycles. The highest BCUT2D eigenvalue weighted by atomic mass is 16.5. The van der Waals surface area contributed by atoms with Crippen molar-refractivity contribution in [3.8, 4) is 0 Å². The summed E-state index contributed by atoms with van der Waals surface area (Å²) >= 11 is 0. The van der Waals surface area contributed by atoms with E-state index in [1.165, 1.54) is 4.90 Å². The highest BCUT2D eigenvalue weighted by Crippen LogP contribution is 2.16. The topological polar surface area (TPSA) is 78.9 Å². The fourth-order valence-electron chi connectivity index (χ4n) is 2.11. The lowest BCUT2D eigenvalue weighted by atomic mass is 10.0. The number of nitrogens with one attached hydrogen (secondary N) is 1. The molecule has 17 heavy (non-hydrogen) atoms. The standard InChI is InChI=1S/C11H18N2O4/c14-10(15)9-5-13(6-9)11(16)12-4-8-2-1-3-17-7-8/h8-9H,1-7H2,(H,12,16)(H,14,15). The summed E-state index contributed by atoms with van der Waals surface area (Å²) in [6, 6.07) is -0.159. The minimum atomic E-state index is -0.824. The molecule has 1 atom stereocenters. The van der Waals surface area contributed by atoms with E-state index in [2.05, 4.69) is 5.32 Å². The van der Waals surface area contributed by atoms with Crippen LogP contribution in [-0.2, 0) is 9.53 Å². The van der Waals surface area contributed by atoms with Gasteiger partial charge in [0, 0.05) is 26.2 Å². The van der Waals surface area contributed by atoms with Crippen molar-refractivity contribution in [3.63, 3.8) is 0 Å². The van der Waals surface area contributed by atoms with E-state index < -0.39 is 11.9 Å². The molecule has 0 aromatic rings. The summed E-state index contributed by atoms with van der Waals surface area (Å²) < 4.78 is 5.32. The summed E-state index contributed by atoms with van der Waals surface area (Å²) in [5, 5.41) is 11.5. The number of likely N-dealkylation sites (tertiary alicyclic amines) is 1. The van der Waals surface area contributed by atoms with E-state index in [-0.39, 0.29) is 6.03 Å². The van der Waals surface area contributed by atoms with Gasteiger partial charge in [-0.3, -0.25) is 4.79 Å². The van der Waals surface area contributed by atoms with Crippen LogP contribution in [0, 0.1) is 11.8 Å². The first-order valence-electron chi connectivity index (χ1n) is 6.00. The molecule has 2 rings (SSSR count). The van der Waals surface area contributed by atoms with Gasteiger partial charge in [-0.15, -0.1) is 0 Å². The first-order chi connectivity index (χ1) is 8.16. The van der Waals surface area contributed by atoms with Crippen LogP contribution in [0.4, 0.5) is 4.79 Å². The molecular weight excluding hydrogens is 224 g/mol. The number of carboxylic acid groups (broad SMARTS) is 1. The predicted octanol–water partition coefficient (Wildman–Crippen LogP) is 0.139. The van der Waals surface area contributed by atoms with E-state index in [0.717, 1.165) is 19.4 Å². The molecule has 0 aliphatic carbocycles. The maximum Gasteiger partial charge on any atom is 0.317 e. The van der Waals surface area contributed by atoms with Crippen LogP contribution in [0.25, 0.3) is 0 Å². The van der Waals surface area contributed by atoms with Gasteiger partial charge in [0.25, 0.3) is 0 Å². The minimum Gasteiger partial charge on any atom is -0.481 e. The average Bonchev–Trinajstić information content (AvgIpc) is 2.25. The molecule has 0 radical (unpaired) electrons. The summed E-state index contributed by atoms with van der Waals surface area (Å²) in [6.07, 6.45) is 2.13. The summed E-state index contributed by atoms with van der Waals surface area (Å²) in [7, 11) is 0. The van der Waals surface area contributed by atoms with E-state index >= 15 is 0 Å². The molecule has 6 nitrogen and oxygen atoms in total. The van der Waals surface area contributed by atoms with E-state index in [1.54, 1.807) is 0 Å². The third kappa shape index (κ3) is 3.09. The highest BCUT2D eigenvalue weighted by Gasteiger charge is 2.35. The van der Waals surface area contributed by atoms with Crippen LogP contribution in [0.3, 0.4) is 0 Å². The van der Waals surface area contributed by atoms with Crippen molar-refractivity contribution in [1.82, 2.24) is 10.2 Å². The number of carbonyl (C=O) groups excluding carboxylic acids is 1. The van der Waals surface area contributed by atoms with Gasteiger partial charge in [0.05, 0.1) is 12.5 Å². The first-order valence-corrected chi connectivity index (χ1v) is 6.00. The smallest absolute Gasteiger partial charge is 0.317 e. The van der Waals surface area contributed by atoms with Gasteiger partial charge in [-0.2, -0.15) is 0 Å². The molecule has 1 unspecified atom stereocenters. The van der Waals surface area contributed by atoms with Crippen molar-refractivity contribution >= 4 is 12.0 Å². The van der Waals surface area contributed by atoms with Crippen molar-refractivity contribution in [2.75, 3.05) is 32.8 Å². The molecule has 96 valence electrons. The Hall–Kier alpha value is -1.30. The van der Waals surface area contributed by atoms with E-state index in [9.17, 15) is 9.59 Å². The third-order valence-electron chi connectivity index (χ3n) is 3.31. The molecule has 2 fully saturated rings. The summed E-state index contributed by atoms with van der Waals surface area (Å²) in [5.74, 6) is -0.822. The fourth-order valence-corrected chi connectivity index (χ4v) is 2.11. The Morgan fingerprint density at radius 1 is 1.41 bits per heavy atom. The second kappa shape index (κ2) is 5.35. The summed E-state index contributed by atoms with van der Waals surface area (Å²) in [6.45, 7) is 2.78. The lowest BCUT2D eigenvalue weighted by molar-refractivity contribution is -0.146. The number of carboxylic acids is 1. The lowest BCUT2D eigenvalue weighted by Crippen LogP contribution is -2.56. The number of rotatable bonds is 3. The molecule has 0 spiro atoms. The number of amides is 2. The van der Waals surface area contributed by atoms with Crippen LogP contribution < -0.4 is 5.32 Å². The van der Waals surface area contributed by atoms with Crippen molar-refractivity contribution < 1.29 is 19.4 Å². The Bertz CT molecular complexity index is 296.